The topological polar surface area (TPSA) is 93.7 Å². The molecule has 7 heteroatoms. The molecule has 3 aromatic carbocycles. The molecule has 0 aliphatic heterocycles. The van der Waals surface area contributed by atoms with Crippen molar-refractivity contribution in [3.63, 3.8) is 0 Å². The molecule has 2 amide bonds. The first-order valence-corrected chi connectivity index (χ1v) is 10.5. The maximum absolute atomic E-state index is 12.8. The summed E-state index contributed by atoms with van der Waals surface area (Å²) in [5.74, 6) is -0.588. The van der Waals surface area contributed by atoms with Crippen LogP contribution in [0.25, 0.3) is 0 Å². The maximum atomic E-state index is 12.8. The Morgan fingerprint density at radius 1 is 0.879 bits per heavy atom. The number of carbonyl (C=O) groups is 3. The lowest BCUT2D eigenvalue weighted by molar-refractivity contribution is -0.142. The number of methoxy groups -OCH3 is 1. The van der Waals surface area contributed by atoms with Crippen LogP contribution in [-0.4, -0.2) is 30.9 Å². The molecule has 0 aliphatic rings. The minimum Gasteiger partial charge on any atom is -0.489 e. The van der Waals surface area contributed by atoms with Gasteiger partial charge in [0.25, 0.3) is 5.91 Å². The molecular weight excluding hydrogens is 420 g/mol. The third-order valence-electron chi connectivity index (χ3n) is 4.82. The average molecular weight is 447 g/mol. The number of hydrogen-bond donors (Lipinski definition) is 2. The van der Waals surface area contributed by atoms with Crippen molar-refractivity contribution in [2.24, 2.45) is 0 Å². The first-order chi connectivity index (χ1) is 15.9. The van der Waals surface area contributed by atoms with Gasteiger partial charge in [0.05, 0.1) is 7.11 Å². The SMILES string of the molecule is COC(=O)[C@@H](Cc1cccc(OCc2ccccc2)c1)NC(=O)c1cccc(NC(C)=O)c1. The van der Waals surface area contributed by atoms with Gasteiger partial charge in [0.1, 0.15) is 18.4 Å². The van der Waals surface area contributed by atoms with Crippen LogP contribution in [0.2, 0.25) is 0 Å². The van der Waals surface area contributed by atoms with Crippen LogP contribution in [0.15, 0.2) is 78.9 Å². The van der Waals surface area contributed by atoms with Gasteiger partial charge in [-0.2, -0.15) is 0 Å². The third kappa shape index (κ3) is 7.21. The van der Waals surface area contributed by atoms with Crippen molar-refractivity contribution in [3.05, 3.63) is 95.6 Å². The summed E-state index contributed by atoms with van der Waals surface area (Å²) in [6, 6.07) is 22.8. The molecule has 0 saturated heterocycles. The Labute approximate surface area is 192 Å². The standard InChI is InChI=1S/C26H26N2O5/c1-18(29)27-22-12-7-11-21(16-22)25(30)28-24(26(31)32-2)15-20-10-6-13-23(14-20)33-17-19-8-4-3-5-9-19/h3-14,16,24H,15,17H2,1-2H3,(H,27,29)(H,28,30)/t24-/m1/s1. The molecular formula is C26H26N2O5. The number of rotatable bonds is 9. The lowest BCUT2D eigenvalue weighted by Crippen LogP contribution is -2.43. The Bertz CT molecular complexity index is 1110. The molecule has 0 aliphatic carbocycles. The van der Waals surface area contributed by atoms with E-state index in [0.717, 1.165) is 11.1 Å². The van der Waals surface area contributed by atoms with Crippen LogP contribution in [0.1, 0.15) is 28.4 Å². The van der Waals surface area contributed by atoms with E-state index < -0.39 is 17.9 Å². The number of ether oxygens (including phenoxy) is 2. The Kier molecular flexibility index (Phi) is 8.18. The molecule has 0 radical (unpaired) electrons. The molecule has 0 heterocycles. The minimum absolute atomic E-state index is 0.229. The minimum atomic E-state index is -0.892. The second-order valence-electron chi connectivity index (χ2n) is 7.44. The summed E-state index contributed by atoms with van der Waals surface area (Å²) < 4.78 is 10.7. The highest BCUT2D eigenvalue weighted by atomic mass is 16.5. The van der Waals surface area contributed by atoms with Crippen LogP contribution < -0.4 is 15.4 Å². The Morgan fingerprint density at radius 3 is 2.33 bits per heavy atom. The predicted octanol–water partition coefficient (Wildman–Crippen LogP) is 3.74. The maximum Gasteiger partial charge on any atom is 0.328 e. The van der Waals surface area contributed by atoms with E-state index in [-0.39, 0.29) is 12.3 Å². The van der Waals surface area contributed by atoms with Crippen LogP contribution in [-0.2, 0) is 27.4 Å². The number of benzene rings is 3. The van der Waals surface area contributed by atoms with E-state index in [2.05, 4.69) is 10.6 Å². The first-order valence-electron chi connectivity index (χ1n) is 10.5. The van der Waals surface area contributed by atoms with Crippen molar-refractivity contribution in [2.75, 3.05) is 12.4 Å². The smallest absolute Gasteiger partial charge is 0.328 e. The zero-order valence-corrected chi connectivity index (χ0v) is 18.5. The summed E-state index contributed by atoms with van der Waals surface area (Å²) >= 11 is 0. The molecule has 170 valence electrons. The van der Waals surface area contributed by atoms with Crippen molar-refractivity contribution in [3.8, 4) is 5.75 Å². The largest absolute Gasteiger partial charge is 0.489 e. The highest BCUT2D eigenvalue weighted by Crippen LogP contribution is 2.17. The second-order valence-corrected chi connectivity index (χ2v) is 7.44. The van der Waals surface area contributed by atoms with Gasteiger partial charge in [-0.05, 0) is 41.5 Å². The van der Waals surface area contributed by atoms with Crippen molar-refractivity contribution in [1.29, 1.82) is 0 Å². The van der Waals surface area contributed by atoms with Crippen molar-refractivity contribution >= 4 is 23.5 Å². The molecule has 0 fully saturated rings. The second kappa shape index (κ2) is 11.5. The van der Waals surface area contributed by atoms with Gasteiger partial charge < -0.3 is 20.1 Å². The lowest BCUT2D eigenvalue weighted by atomic mass is 10.0. The average Bonchev–Trinajstić information content (AvgIpc) is 2.82. The number of amides is 2. The van der Waals surface area contributed by atoms with E-state index in [4.69, 9.17) is 9.47 Å². The van der Waals surface area contributed by atoms with E-state index in [9.17, 15) is 14.4 Å². The zero-order valence-electron chi connectivity index (χ0n) is 18.5. The van der Waals surface area contributed by atoms with E-state index in [1.807, 2.05) is 54.6 Å². The molecule has 1 atom stereocenters. The quantitative estimate of drug-likeness (QED) is 0.489. The number of nitrogens with one attached hydrogen (secondary N) is 2. The molecule has 0 saturated carbocycles. The predicted molar refractivity (Wildman–Crippen MR) is 125 cm³/mol. The van der Waals surface area contributed by atoms with E-state index in [0.29, 0.717) is 23.6 Å². The Morgan fingerprint density at radius 2 is 1.61 bits per heavy atom. The van der Waals surface area contributed by atoms with Crippen LogP contribution >= 0.6 is 0 Å². The molecule has 33 heavy (non-hydrogen) atoms. The highest BCUT2D eigenvalue weighted by Gasteiger charge is 2.23. The van der Waals surface area contributed by atoms with Crippen molar-refractivity contribution < 1.29 is 23.9 Å². The summed E-state index contributed by atoms with van der Waals surface area (Å²) in [7, 11) is 1.28. The van der Waals surface area contributed by atoms with Gasteiger partial charge in [0.15, 0.2) is 0 Å². The Hall–Kier alpha value is -4.13. The molecule has 2 N–H and O–H groups in total. The summed E-state index contributed by atoms with van der Waals surface area (Å²) in [6.45, 7) is 1.81. The number of carbonyl (C=O) groups excluding carboxylic acids is 3. The molecule has 7 nitrogen and oxygen atoms in total. The van der Waals surface area contributed by atoms with Gasteiger partial charge in [-0.25, -0.2) is 4.79 Å². The van der Waals surface area contributed by atoms with Crippen LogP contribution in [0.5, 0.6) is 5.75 Å². The molecule has 0 aromatic heterocycles. The molecule has 3 rings (SSSR count). The van der Waals surface area contributed by atoms with Crippen molar-refractivity contribution in [2.45, 2.75) is 26.0 Å². The molecule has 0 spiro atoms. The fraction of sp³-hybridized carbons (Fsp3) is 0.192. The van der Waals surface area contributed by atoms with Gasteiger partial charge >= 0.3 is 5.97 Å². The first kappa shape index (κ1) is 23.5. The monoisotopic (exact) mass is 446 g/mol. The number of anilines is 1. The van der Waals surface area contributed by atoms with E-state index in [1.54, 1.807) is 24.3 Å². The summed E-state index contributed by atoms with van der Waals surface area (Å²) in [5, 5.41) is 5.36. The lowest BCUT2D eigenvalue weighted by Gasteiger charge is -2.17. The third-order valence-corrected chi connectivity index (χ3v) is 4.82. The molecule has 0 bridgehead atoms. The fourth-order valence-electron chi connectivity index (χ4n) is 3.26. The normalized spacial score (nSPS) is 11.2. The van der Waals surface area contributed by atoms with Gasteiger partial charge in [-0.15, -0.1) is 0 Å². The Balaban J connectivity index is 1.69. The summed E-state index contributed by atoms with van der Waals surface area (Å²) in [5.41, 5.74) is 2.66. The van der Waals surface area contributed by atoms with E-state index >= 15 is 0 Å². The summed E-state index contributed by atoms with van der Waals surface area (Å²) in [6.07, 6.45) is 0.229. The van der Waals surface area contributed by atoms with Gasteiger partial charge in [-0.1, -0.05) is 48.5 Å². The van der Waals surface area contributed by atoms with E-state index in [1.165, 1.54) is 14.0 Å². The van der Waals surface area contributed by atoms with Crippen LogP contribution in [0.3, 0.4) is 0 Å². The highest BCUT2D eigenvalue weighted by molar-refractivity contribution is 5.98. The van der Waals surface area contributed by atoms with Gasteiger partial charge in [-0.3, -0.25) is 9.59 Å². The fourth-order valence-corrected chi connectivity index (χ4v) is 3.26. The van der Waals surface area contributed by atoms with Gasteiger partial charge in [0, 0.05) is 24.6 Å². The zero-order chi connectivity index (χ0) is 23.6. The van der Waals surface area contributed by atoms with Gasteiger partial charge in [0.2, 0.25) is 5.91 Å². The molecule has 0 unspecified atom stereocenters. The molecule has 3 aromatic rings. The number of esters is 1. The van der Waals surface area contributed by atoms with Crippen LogP contribution in [0, 0.1) is 0 Å². The van der Waals surface area contributed by atoms with Crippen LogP contribution in [0.4, 0.5) is 5.69 Å². The summed E-state index contributed by atoms with van der Waals surface area (Å²) in [4.78, 5) is 36.4. The van der Waals surface area contributed by atoms with Crippen molar-refractivity contribution in [1.82, 2.24) is 5.32 Å². The number of hydrogen-bond acceptors (Lipinski definition) is 5.